The Labute approximate surface area is 88.5 Å². The van der Waals surface area contributed by atoms with Crippen molar-refractivity contribution in [2.75, 3.05) is 0 Å². The summed E-state index contributed by atoms with van der Waals surface area (Å²) in [5.74, 6) is -0.358. The third kappa shape index (κ3) is 6.91. The van der Waals surface area contributed by atoms with E-state index in [1.165, 1.54) is 0 Å². The first-order chi connectivity index (χ1) is 5.93. The number of carbonyl (C=O) groups is 1. The van der Waals surface area contributed by atoms with Crippen LogP contribution in [0.1, 0.15) is 26.7 Å². The van der Waals surface area contributed by atoms with Crippen molar-refractivity contribution < 1.29 is 9.90 Å². The van der Waals surface area contributed by atoms with Crippen molar-refractivity contribution in [2.24, 2.45) is 11.8 Å². The highest BCUT2D eigenvalue weighted by Gasteiger charge is 2.15. The van der Waals surface area contributed by atoms with E-state index < -0.39 is 5.97 Å². The summed E-state index contributed by atoms with van der Waals surface area (Å²) in [4.78, 5) is 10.5. The second-order valence-corrected chi connectivity index (χ2v) is 4.34. The van der Waals surface area contributed by atoms with E-state index in [0.717, 1.165) is 0 Å². The van der Waals surface area contributed by atoms with Crippen molar-refractivity contribution in [1.82, 2.24) is 0 Å². The minimum Gasteiger partial charge on any atom is -0.481 e. The molecule has 0 spiro atoms. The lowest BCUT2D eigenvalue weighted by Gasteiger charge is -2.16. The van der Waals surface area contributed by atoms with E-state index in [-0.39, 0.29) is 16.8 Å². The molecule has 0 radical (unpaired) electrons. The summed E-state index contributed by atoms with van der Waals surface area (Å²) in [6.45, 7) is 3.98. The first-order valence-corrected chi connectivity index (χ1v) is 4.92. The minimum atomic E-state index is -0.780. The molecule has 1 atom stereocenters. The molecule has 0 saturated carbocycles. The molecule has 0 amide bonds. The van der Waals surface area contributed by atoms with Crippen LogP contribution in [0.4, 0.5) is 0 Å². The lowest BCUT2D eigenvalue weighted by Crippen LogP contribution is -2.13. The predicted molar refractivity (Wildman–Crippen MR) is 55.0 cm³/mol. The first-order valence-electron chi connectivity index (χ1n) is 4.16. The van der Waals surface area contributed by atoms with Gasteiger partial charge in [0.1, 0.15) is 4.49 Å². The van der Waals surface area contributed by atoms with Gasteiger partial charge >= 0.3 is 5.97 Å². The van der Waals surface area contributed by atoms with Crippen LogP contribution in [0.25, 0.3) is 0 Å². The zero-order chi connectivity index (χ0) is 10.4. The van der Waals surface area contributed by atoms with Crippen LogP contribution in [-0.2, 0) is 4.79 Å². The van der Waals surface area contributed by atoms with Gasteiger partial charge in [0.2, 0.25) is 0 Å². The Kier molecular flexibility index (Phi) is 6.17. The van der Waals surface area contributed by atoms with E-state index in [2.05, 4.69) is 0 Å². The number of hydrogen-bond donors (Lipinski definition) is 1. The van der Waals surface area contributed by atoms with E-state index in [1.807, 2.05) is 13.8 Å². The third-order valence-corrected chi connectivity index (χ3v) is 2.26. The van der Waals surface area contributed by atoms with Gasteiger partial charge in [0, 0.05) is 6.42 Å². The summed E-state index contributed by atoms with van der Waals surface area (Å²) in [6, 6.07) is 0. The van der Waals surface area contributed by atoms with Crippen LogP contribution in [0.5, 0.6) is 0 Å². The molecule has 0 fully saturated rings. The Morgan fingerprint density at radius 3 is 2.31 bits per heavy atom. The second kappa shape index (κ2) is 6.28. The van der Waals surface area contributed by atoms with Gasteiger partial charge in [-0.25, -0.2) is 0 Å². The van der Waals surface area contributed by atoms with Gasteiger partial charge in [0.15, 0.2) is 0 Å². The summed E-state index contributed by atoms with van der Waals surface area (Å²) < 4.78 is 0.205. The zero-order valence-electron chi connectivity index (χ0n) is 7.76. The number of aliphatic carboxylic acids is 1. The van der Waals surface area contributed by atoms with Crippen LogP contribution >= 0.6 is 23.2 Å². The minimum absolute atomic E-state index is 0.102. The molecule has 0 saturated heterocycles. The number of rotatable bonds is 5. The molecule has 0 aliphatic carbocycles. The molecule has 0 aromatic carbocycles. The van der Waals surface area contributed by atoms with Gasteiger partial charge < -0.3 is 5.11 Å². The summed E-state index contributed by atoms with van der Waals surface area (Å²) in [7, 11) is 0. The Hall–Kier alpha value is -0.210. The number of hydrogen-bond acceptors (Lipinski definition) is 1. The molecule has 0 bridgehead atoms. The molecule has 2 nitrogen and oxygen atoms in total. The van der Waals surface area contributed by atoms with E-state index in [4.69, 9.17) is 28.3 Å². The van der Waals surface area contributed by atoms with Gasteiger partial charge in [-0.1, -0.05) is 43.1 Å². The molecule has 0 heterocycles. The fraction of sp³-hybridized carbons (Fsp3) is 0.667. The van der Waals surface area contributed by atoms with Crippen molar-refractivity contribution in [3.63, 3.8) is 0 Å². The van der Waals surface area contributed by atoms with Gasteiger partial charge in [-0.05, 0) is 18.3 Å². The second-order valence-electron chi connectivity index (χ2n) is 3.33. The summed E-state index contributed by atoms with van der Waals surface area (Å²) in [5.41, 5.74) is 0. The zero-order valence-corrected chi connectivity index (χ0v) is 9.27. The van der Waals surface area contributed by atoms with Gasteiger partial charge in [-0.15, -0.1) is 0 Å². The molecule has 4 heteroatoms. The van der Waals surface area contributed by atoms with Crippen molar-refractivity contribution in [3.05, 3.63) is 10.6 Å². The smallest absolute Gasteiger partial charge is 0.303 e. The van der Waals surface area contributed by atoms with Crippen molar-refractivity contribution >= 4 is 29.2 Å². The van der Waals surface area contributed by atoms with Crippen molar-refractivity contribution in [3.8, 4) is 0 Å². The van der Waals surface area contributed by atoms with E-state index in [9.17, 15) is 4.79 Å². The molecule has 0 aliphatic rings. The molecular weight excluding hydrogens is 211 g/mol. The maximum Gasteiger partial charge on any atom is 0.303 e. The Morgan fingerprint density at radius 1 is 1.46 bits per heavy atom. The maximum absolute atomic E-state index is 10.5. The molecule has 0 aromatic heterocycles. The number of allylic oxidation sites excluding steroid dienone is 1. The molecular formula is C9H14Cl2O2. The van der Waals surface area contributed by atoms with Crippen molar-refractivity contribution in [1.29, 1.82) is 0 Å². The summed E-state index contributed by atoms with van der Waals surface area (Å²) in [6.07, 6.45) is 2.43. The van der Waals surface area contributed by atoms with Crippen LogP contribution in [0.2, 0.25) is 0 Å². The highest BCUT2D eigenvalue weighted by atomic mass is 35.5. The van der Waals surface area contributed by atoms with Gasteiger partial charge in [-0.2, -0.15) is 0 Å². The van der Waals surface area contributed by atoms with E-state index in [0.29, 0.717) is 12.3 Å². The number of carboxylic acids is 1. The Morgan fingerprint density at radius 2 is 2.00 bits per heavy atom. The molecule has 0 rings (SSSR count). The molecule has 1 N–H and O–H groups in total. The lowest BCUT2D eigenvalue weighted by atomic mass is 9.90. The fourth-order valence-corrected chi connectivity index (χ4v) is 1.23. The average molecular weight is 225 g/mol. The van der Waals surface area contributed by atoms with Crippen LogP contribution in [0, 0.1) is 11.8 Å². The molecule has 13 heavy (non-hydrogen) atoms. The summed E-state index contributed by atoms with van der Waals surface area (Å²) >= 11 is 10.9. The fourth-order valence-electron chi connectivity index (χ4n) is 1.06. The predicted octanol–water partition coefficient (Wildman–Crippen LogP) is 3.44. The number of carboxylic acid groups (broad SMARTS) is 1. The van der Waals surface area contributed by atoms with Crippen LogP contribution in [-0.4, -0.2) is 11.1 Å². The highest BCUT2D eigenvalue weighted by molar-refractivity contribution is 6.55. The molecule has 1 unspecified atom stereocenters. The van der Waals surface area contributed by atoms with Crippen LogP contribution in [0.3, 0.4) is 0 Å². The van der Waals surface area contributed by atoms with Crippen LogP contribution < -0.4 is 0 Å². The largest absolute Gasteiger partial charge is 0.481 e. The molecule has 76 valence electrons. The maximum atomic E-state index is 10.5. The first kappa shape index (κ1) is 12.8. The van der Waals surface area contributed by atoms with E-state index in [1.54, 1.807) is 6.08 Å². The Balaban J connectivity index is 4.10. The SMILES string of the molecule is CC(C)C(CC=C(Cl)Cl)CC(=O)O. The monoisotopic (exact) mass is 224 g/mol. The normalized spacial score (nSPS) is 12.7. The summed E-state index contributed by atoms with van der Waals surface area (Å²) in [5, 5.41) is 8.61. The standard InChI is InChI=1S/C9H14Cl2O2/c1-6(2)7(5-9(12)13)3-4-8(10)11/h4,6-7H,3,5H2,1-2H3,(H,12,13). The average Bonchev–Trinajstić information content (AvgIpc) is 1.96. The lowest BCUT2D eigenvalue weighted by molar-refractivity contribution is -0.138. The topological polar surface area (TPSA) is 37.3 Å². The van der Waals surface area contributed by atoms with Crippen LogP contribution in [0.15, 0.2) is 10.6 Å². The van der Waals surface area contributed by atoms with E-state index >= 15 is 0 Å². The quantitative estimate of drug-likeness (QED) is 0.778. The number of halogens is 2. The van der Waals surface area contributed by atoms with Gasteiger partial charge in [-0.3, -0.25) is 4.79 Å². The highest BCUT2D eigenvalue weighted by Crippen LogP contribution is 2.22. The third-order valence-electron chi connectivity index (χ3n) is 1.95. The molecule has 0 aromatic rings. The molecule has 0 aliphatic heterocycles. The van der Waals surface area contributed by atoms with Crippen molar-refractivity contribution in [2.45, 2.75) is 26.7 Å². The van der Waals surface area contributed by atoms with Gasteiger partial charge in [0.05, 0.1) is 0 Å². The Bertz CT molecular complexity index is 196. The van der Waals surface area contributed by atoms with Gasteiger partial charge in [0.25, 0.3) is 0 Å².